The Morgan fingerprint density at radius 2 is 1.21 bits per heavy atom. The zero-order chi connectivity index (χ0) is 13.5. The Morgan fingerprint density at radius 1 is 0.737 bits per heavy atom. The van der Waals surface area contributed by atoms with E-state index in [0.717, 1.165) is 30.1 Å². The standard InChI is InChI=1S/C18H34O/c1-2-4-15-6-10-17(11-7-15)18-12-8-16(9-13-18)5-3-14-19/h15-19H,2-14H2,1H3/t15-,16-,17-,18-. The Labute approximate surface area is 120 Å². The molecule has 1 N–H and O–H groups in total. The normalized spacial score (nSPS) is 36.3. The summed E-state index contributed by atoms with van der Waals surface area (Å²) in [4.78, 5) is 0. The van der Waals surface area contributed by atoms with Crippen LogP contribution in [0.15, 0.2) is 0 Å². The lowest BCUT2D eigenvalue weighted by molar-refractivity contribution is 0.137. The molecule has 0 aromatic carbocycles. The van der Waals surface area contributed by atoms with Crippen molar-refractivity contribution in [3.05, 3.63) is 0 Å². The molecule has 2 fully saturated rings. The fourth-order valence-corrected chi connectivity index (χ4v) is 4.68. The molecule has 2 aliphatic rings. The average molecular weight is 266 g/mol. The molecule has 112 valence electrons. The van der Waals surface area contributed by atoms with E-state index in [4.69, 9.17) is 5.11 Å². The highest BCUT2D eigenvalue weighted by Gasteiger charge is 2.30. The molecule has 0 aliphatic heterocycles. The van der Waals surface area contributed by atoms with E-state index in [1.807, 2.05) is 0 Å². The highest BCUT2D eigenvalue weighted by molar-refractivity contribution is 4.82. The van der Waals surface area contributed by atoms with Gasteiger partial charge in [0, 0.05) is 6.61 Å². The molecule has 1 nitrogen and oxygen atoms in total. The monoisotopic (exact) mass is 266 g/mol. The molecule has 2 rings (SSSR count). The fraction of sp³-hybridized carbons (Fsp3) is 1.00. The van der Waals surface area contributed by atoms with Crippen LogP contribution >= 0.6 is 0 Å². The SMILES string of the molecule is CCC[C@H]1CC[C@H]([C@H]2CC[C@H](CCCO)CC2)CC1. The van der Waals surface area contributed by atoms with Crippen LogP contribution in [0.25, 0.3) is 0 Å². The summed E-state index contributed by atoms with van der Waals surface area (Å²) in [5.74, 6) is 4.10. The summed E-state index contributed by atoms with van der Waals surface area (Å²) < 4.78 is 0. The maximum Gasteiger partial charge on any atom is 0.0431 e. The highest BCUT2D eigenvalue weighted by Crippen LogP contribution is 2.42. The first kappa shape index (κ1) is 15.4. The Balaban J connectivity index is 1.65. The van der Waals surface area contributed by atoms with Gasteiger partial charge in [0.15, 0.2) is 0 Å². The molecule has 2 saturated carbocycles. The van der Waals surface area contributed by atoms with Gasteiger partial charge in [-0.3, -0.25) is 0 Å². The fourth-order valence-electron chi connectivity index (χ4n) is 4.68. The molecule has 0 heterocycles. The lowest BCUT2D eigenvalue weighted by atomic mass is 9.68. The second-order valence-corrected chi connectivity index (χ2v) is 7.22. The van der Waals surface area contributed by atoms with Crippen molar-refractivity contribution in [2.45, 2.75) is 84.0 Å². The molecule has 0 atom stereocenters. The number of hydrogen-bond acceptors (Lipinski definition) is 1. The molecule has 0 unspecified atom stereocenters. The van der Waals surface area contributed by atoms with Crippen LogP contribution in [-0.2, 0) is 0 Å². The molecule has 0 saturated heterocycles. The topological polar surface area (TPSA) is 20.2 Å². The van der Waals surface area contributed by atoms with E-state index >= 15 is 0 Å². The lowest BCUT2D eigenvalue weighted by Gasteiger charge is -2.38. The van der Waals surface area contributed by atoms with Gasteiger partial charge in [0.1, 0.15) is 0 Å². The van der Waals surface area contributed by atoms with Gasteiger partial charge in [-0.15, -0.1) is 0 Å². The molecule has 0 bridgehead atoms. The molecular weight excluding hydrogens is 232 g/mol. The zero-order valence-electron chi connectivity index (χ0n) is 12.9. The second-order valence-electron chi connectivity index (χ2n) is 7.22. The van der Waals surface area contributed by atoms with Crippen molar-refractivity contribution in [3.63, 3.8) is 0 Å². The van der Waals surface area contributed by atoms with E-state index < -0.39 is 0 Å². The zero-order valence-corrected chi connectivity index (χ0v) is 12.9. The van der Waals surface area contributed by atoms with Crippen LogP contribution in [0.2, 0.25) is 0 Å². The van der Waals surface area contributed by atoms with Crippen molar-refractivity contribution in [2.24, 2.45) is 23.7 Å². The summed E-state index contributed by atoms with van der Waals surface area (Å²) in [6.45, 7) is 2.72. The van der Waals surface area contributed by atoms with Gasteiger partial charge in [-0.25, -0.2) is 0 Å². The quantitative estimate of drug-likeness (QED) is 0.703. The Bertz CT molecular complexity index is 222. The number of rotatable bonds is 6. The van der Waals surface area contributed by atoms with Crippen LogP contribution in [0.5, 0.6) is 0 Å². The van der Waals surface area contributed by atoms with Gasteiger partial charge in [0.25, 0.3) is 0 Å². The Morgan fingerprint density at radius 3 is 1.63 bits per heavy atom. The van der Waals surface area contributed by atoms with Gasteiger partial charge in [-0.2, -0.15) is 0 Å². The number of aliphatic hydroxyl groups is 1. The first-order chi connectivity index (χ1) is 9.33. The summed E-state index contributed by atoms with van der Waals surface area (Å²) in [5.41, 5.74) is 0. The molecule has 0 aromatic rings. The second kappa shape index (κ2) is 8.29. The predicted octanol–water partition coefficient (Wildman–Crippen LogP) is 5.17. The third kappa shape index (κ3) is 4.77. The largest absolute Gasteiger partial charge is 0.396 e. The molecule has 1 heteroatoms. The summed E-state index contributed by atoms with van der Waals surface area (Å²) in [7, 11) is 0. The smallest absolute Gasteiger partial charge is 0.0431 e. The van der Waals surface area contributed by atoms with E-state index in [9.17, 15) is 0 Å². The van der Waals surface area contributed by atoms with Gasteiger partial charge >= 0.3 is 0 Å². The summed E-state index contributed by atoms with van der Waals surface area (Å²) in [6.07, 6.45) is 17.1. The predicted molar refractivity (Wildman–Crippen MR) is 82.1 cm³/mol. The van der Waals surface area contributed by atoms with Crippen LogP contribution in [0.1, 0.15) is 84.0 Å². The molecule has 0 radical (unpaired) electrons. The van der Waals surface area contributed by atoms with Crippen molar-refractivity contribution >= 4 is 0 Å². The first-order valence-electron chi connectivity index (χ1n) is 8.94. The van der Waals surface area contributed by atoms with Gasteiger partial charge < -0.3 is 5.11 Å². The third-order valence-electron chi connectivity index (χ3n) is 5.92. The number of aliphatic hydroxyl groups excluding tert-OH is 1. The van der Waals surface area contributed by atoms with Crippen LogP contribution < -0.4 is 0 Å². The van der Waals surface area contributed by atoms with Crippen LogP contribution in [-0.4, -0.2) is 11.7 Å². The minimum atomic E-state index is 0.390. The van der Waals surface area contributed by atoms with Crippen LogP contribution in [0, 0.1) is 23.7 Å². The van der Waals surface area contributed by atoms with Gasteiger partial charge in [0.2, 0.25) is 0 Å². The highest BCUT2D eigenvalue weighted by atomic mass is 16.2. The molecule has 2 aliphatic carbocycles. The average Bonchev–Trinajstić information content (AvgIpc) is 2.47. The van der Waals surface area contributed by atoms with E-state index in [1.165, 1.54) is 70.6 Å². The van der Waals surface area contributed by atoms with Crippen LogP contribution in [0.4, 0.5) is 0 Å². The van der Waals surface area contributed by atoms with E-state index in [-0.39, 0.29) is 0 Å². The minimum absolute atomic E-state index is 0.390. The first-order valence-corrected chi connectivity index (χ1v) is 8.94. The lowest BCUT2D eigenvalue weighted by Crippen LogP contribution is -2.25. The van der Waals surface area contributed by atoms with Gasteiger partial charge in [-0.1, -0.05) is 45.4 Å². The van der Waals surface area contributed by atoms with Crippen molar-refractivity contribution in [1.29, 1.82) is 0 Å². The molecule has 19 heavy (non-hydrogen) atoms. The maximum atomic E-state index is 8.92. The van der Waals surface area contributed by atoms with Crippen molar-refractivity contribution < 1.29 is 5.11 Å². The van der Waals surface area contributed by atoms with E-state index in [2.05, 4.69) is 6.92 Å². The van der Waals surface area contributed by atoms with Crippen molar-refractivity contribution in [2.75, 3.05) is 6.61 Å². The van der Waals surface area contributed by atoms with Gasteiger partial charge in [0.05, 0.1) is 0 Å². The Hall–Kier alpha value is -0.0400. The van der Waals surface area contributed by atoms with E-state index in [0.29, 0.717) is 6.61 Å². The van der Waals surface area contributed by atoms with Gasteiger partial charge in [-0.05, 0) is 62.2 Å². The molecule has 0 amide bonds. The molecular formula is C18H34O. The number of hydrogen-bond donors (Lipinski definition) is 1. The summed E-state index contributed by atoms with van der Waals surface area (Å²) in [6, 6.07) is 0. The minimum Gasteiger partial charge on any atom is -0.396 e. The van der Waals surface area contributed by atoms with Crippen molar-refractivity contribution in [3.8, 4) is 0 Å². The maximum absolute atomic E-state index is 8.92. The van der Waals surface area contributed by atoms with Crippen LogP contribution in [0.3, 0.4) is 0 Å². The molecule has 0 aromatic heterocycles. The van der Waals surface area contributed by atoms with Crippen molar-refractivity contribution in [1.82, 2.24) is 0 Å². The molecule has 0 spiro atoms. The summed E-state index contributed by atoms with van der Waals surface area (Å²) in [5, 5.41) is 8.92. The summed E-state index contributed by atoms with van der Waals surface area (Å²) >= 11 is 0. The third-order valence-corrected chi connectivity index (χ3v) is 5.92. The Kier molecular flexibility index (Phi) is 6.70. The van der Waals surface area contributed by atoms with E-state index in [1.54, 1.807) is 0 Å².